The second kappa shape index (κ2) is 9.44. The Kier molecular flexibility index (Phi) is 6.06. The number of methoxy groups -OCH3 is 1. The van der Waals surface area contributed by atoms with Gasteiger partial charge in [-0.05, 0) is 42.0 Å². The first-order valence-electron chi connectivity index (χ1n) is 11.0. The predicted octanol–water partition coefficient (Wildman–Crippen LogP) is 4.32. The highest BCUT2D eigenvalue weighted by atomic mass is 16.5. The van der Waals surface area contributed by atoms with E-state index in [1.165, 1.54) is 5.56 Å². The van der Waals surface area contributed by atoms with Gasteiger partial charge < -0.3 is 19.8 Å². The molecule has 0 atom stereocenters. The number of H-pyrrole nitrogens is 1. The average molecular weight is 443 g/mol. The molecule has 1 saturated heterocycles. The summed E-state index contributed by atoms with van der Waals surface area (Å²) in [7, 11) is 1.62. The molecule has 2 aromatic carbocycles. The van der Waals surface area contributed by atoms with Crippen LogP contribution in [0, 0.1) is 0 Å². The number of carbonyl (C=O) groups excluding carboxylic acids is 1. The molecule has 168 valence electrons. The largest absolute Gasteiger partial charge is 0.496 e. The number of anilines is 1. The number of fused-ring (bicyclic) bond motifs is 1. The molecule has 3 heterocycles. The van der Waals surface area contributed by atoms with Crippen LogP contribution in [0.3, 0.4) is 0 Å². The number of nitrogens with zero attached hydrogens (tertiary/aromatic N) is 2. The molecule has 7 nitrogen and oxygen atoms in total. The predicted molar refractivity (Wildman–Crippen MR) is 129 cm³/mol. The van der Waals surface area contributed by atoms with Gasteiger partial charge in [0, 0.05) is 65.9 Å². The van der Waals surface area contributed by atoms with E-state index in [0.29, 0.717) is 17.0 Å². The Morgan fingerprint density at radius 1 is 1.12 bits per heavy atom. The van der Waals surface area contributed by atoms with Crippen molar-refractivity contribution in [2.24, 2.45) is 0 Å². The Morgan fingerprint density at radius 3 is 2.73 bits per heavy atom. The molecule has 1 amide bonds. The number of amides is 1. The molecule has 0 bridgehead atoms. The van der Waals surface area contributed by atoms with E-state index < -0.39 is 0 Å². The van der Waals surface area contributed by atoms with Gasteiger partial charge in [0.05, 0.1) is 20.3 Å². The quantitative estimate of drug-likeness (QED) is 0.465. The van der Waals surface area contributed by atoms with Crippen LogP contribution in [0.4, 0.5) is 5.69 Å². The fourth-order valence-electron chi connectivity index (χ4n) is 4.08. The van der Waals surface area contributed by atoms with Crippen molar-refractivity contribution < 1.29 is 14.3 Å². The summed E-state index contributed by atoms with van der Waals surface area (Å²) >= 11 is 0. The fraction of sp³-hybridized carbons (Fsp3) is 0.231. The number of nitrogens with one attached hydrogen (secondary N) is 2. The Morgan fingerprint density at radius 2 is 1.94 bits per heavy atom. The van der Waals surface area contributed by atoms with E-state index in [2.05, 4.69) is 26.3 Å². The Balaban J connectivity index is 1.29. The van der Waals surface area contributed by atoms with Gasteiger partial charge in [0.15, 0.2) is 0 Å². The minimum absolute atomic E-state index is 0.155. The number of ether oxygens (including phenoxy) is 2. The van der Waals surface area contributed by atoms with Crippen LogP contribution in [-0.2, 0) is 11.3 Å². The molecule has 1 aliphatic rings. The Hall–Kier alpha value is -3.68. The third kappa shape index (κ3) is 4.74. The van der Waals surface area contributed by atoms with E-state index in [4.69, 9.17) is 9.47 Å². The third-order valence-corrected chi connectivity index (χ3v) is 5.90. The van der Waals surface area contributed by atoms with Crippen LogP contribution in [0.15, 0.2) is 67.0 Å². The summed E-state index contributed by atoms with van der Waals surface area (Å²) in [6.45, 7) is 4.30. The summed E-state index contributed by atoms with van der Waals surface area (Å²) < 4.78 is 11.0. The van der Waals surface area contributed by atoms with Gasteiger partial charge in [0.2, 0.25) is 0 Å². The lowest BCUT2D eigenvalue weighted by molar-refractivity contribution is 0.0342. The lowest BCUT2D eigenvalue weighted by Gasteiger charge is -2.26. The number of pyridine rings is 1. The number of aromatic nitrogens is 2. The molecule has 0 spiro atoms. The van der Waals surface area contributed by atoms with Crippen LogP contribution in [-0.4, -0.2) is 54.2 Å². The molecule has 0 unspecified atom stereocenters. The van der Waals surface area contributed by atoms with Crippen molar-refractivity contribution in [1.82, 2.24) is 14.9 Å². The van der Waals surface area contributed by atoms with Crippen molar-refractivity contribution in [3.63, 3.8) is 0 Å². The topological polar surface area (TPSA) is 79.5 Å². The Bertz CT molecular complexity index is 1260. The lowest BCUT2D eigenvalue weighted by Crippen LogP contribution is -2.35. The van der Waals surface area contributed by atoms with Gasteiger partial charge in [-0.1, -0.05) is 12.1 Å². The molecular formula is C26H26N4O3. The lowest BCUT2D eigenvalue weighted by atomic mass is 10.0. The molecule has 0 aliphatic carbocycles. The molecule has 1 aliphatic heterocycles. The smallest absolute Gasteiger partial charge is 0.255 e. The second-order valence-corrected chi connectivity index (χ2v) is 8.09. The standard InChI is InChI=1S/C26H26N4O3/c1-32-24-15-22(6-7-23(24)21-14-20-8-9-27-25(20)28-16-21)29-26(31)19-4-2-18(3-5-19)17-30-10-12-33-13-11-30/h2-9,14-16H,10-13,17H2,1H3,(H,27,28)(H,29,31). The van der Waals surface area contributed by atoms with Crippen LogP contribution < -0.4 is 10.1 Å². The molecular weight excluding hydrogens is 416 g/mol. The Labute approximate surface area is 192 Å². The number of benzene rings is 2. The van der Waals surface area contributed by atoms with Crippen LogP contribution in [0.5, 0.6) is 5.75 Å². The van der Waals surface area contributed by atoms with E-state index >= 15 is 0 Å². The summed E-state index contributed by atoms with van der Waals surface area (Å²) in [6, 6.07) is 17.5. The average Bonchev–Trinajstić information content (AvgIpc) is 3.33. The number of morpholine rings is 1. The normalized spacial score (nSPS) is 14.3. The minimum Gasteiger partial charge on any atom is -0.496 e. The summed E-state index contributed by atoms with van der Waals surface area (Å²) in [4.78, 5) is 22.7. The van der Waals surface area contributed by atoms with Crippen molar-refractivity contribution >= 4 is 22.6 Å². The van der Waals surface area contributed by atoms with Gasteiger partial charge >= 0.3 is 0 Å². The monoisotopic (exact) mass is 442 g/mol. The SMILES string of the molecule is COc1cc(NC(=O)c2ccc(CN3CCOCC3)cc2)ccc1-c1cnc2[nH]ccc2c1. The van der Waals surface area contributed by atoms with Crippen molar-refractivity contribution in [3.05, 3.63) is 78.1 Å². The van der Waals surface area contributed by atoms with E-state index in [9.17, 15) is 4.79 Å². The second-order valence-electron chi connectivity index (χ2n) is 8.09. The van der Waals surface area contributed by atoms with Crippen molar-refractivity contribution in [2.75, 3.05) is 38.7 Å². The van der Waals surface area contributed by atoms with Crippen LogP contribution >= 0.6 is 0 Å². The first-order valence-corrected chi connectivity index (χ1v) is 11.0. The number of carbonyl (C=O) groups is 1. The van der Waals surface area contributed by atoms with Crippen LogP contribution in [0.2, 0.25) is 0 Å². The summed E-state index contributed by atoms with van der Waals surface area (Å²) in [6.07, 6.45) is 3.68. The molecule has 2 aromatic heterocycles. The van der Waals surface area contributed by atoms with Crippen molar-refractivity contribution in [3.8, 4) is 16.9 Å². The molecule has 1 fully saturated rings. The molecule has 0 radical (unpaired) electrons. The maximum absolute atomic E-state index is 12.8. The first-order chi connectivity index (χ1) is 16.2. The van der Waals surface area contributed by atoms with Crippen molar-refractivity contribution in [1.29, 1.82) is 0 Å². The highest BCUT2D eigenvalue weighted by Crippen LogP contribution is 2.33. The maximum atomic E-state index is 12.8. The highest BCUT2D eigenvalue weighted by molar-refractivity contribution is 6.04. The molecule has 4 aromatic rings. The molecule has 2 N–H and O–H groups in total. The van der Waals surface area contributed by atoms with Gasteiger partial charge in [-0.3, -0.25) is 9.69 Å². The number of aromatic amines is 1. The zero-order chi connectivity index (χ0) is 22.6. The zero-order valence-corrected chi connectivity index (χ0v) is 18.5. The third-order valence-electron chi connectivity index (χ3n) is 5.90. The zero-order valence-electron chi connectivity index (χ0n) is 18.5. The first kappa shape index (κ1) is 21.2. The van der Waals surface area contributed by atoms with Gasteiger partial charge in [0.25, 0.3) is 5.91 Å². The maximum Gasteiger partial charge on any atom is 0.255 e. The molecule has 7 heteroatoms. The van der Waals surface area contributed by atoms with Gasteiger partial charge in [-0.25, -0.2) is 4.98 Å². The van der Waals surface area contributed by atoms with Gasteiger partial charge in [-0.2, -0.15) is 0 Å². The van der Waals surface area contributed by atoms with E-state index in [-0.39, 0.29) is 5.91 Å². The van der Waals surface area contributed by atoms with E-state index in [0.717, 1.165) is 55.0 Å². The highest BCUT2D eigenvalue weighted by Gasteiger charge is 2.13. The number of hydrogen-bond acceptors (Lipinski definition) is 5. The van der Waals surface area contributed by atoms with Crippen LogP contribution in [0.1, 0.15) is 15.9 Å². The van der Waals surface area contributed by atoms with E-state index in [1.807, 2.05) is 60.9 Å². The fourth-order valence-corrected chi connectivity index (χ4v) is 4.08. The molecule has 33 heavy (non-hydrogen) atoms. The minimum atomic E-state index is -0.155. The van der Waals surface area contributed by atoms with Gasteiger partial charge in [-0.15, -0.1) is 0 Å². The summed E-state index contributed by atoms with van der Waals surface area (Å²) in [5, 5.41) is 4.00. The summed E-state index contributed by atoms with van der Waals surface area (Å²) in [5.41, 5.74) is 5.19. The summed E-state index contributed by atoms with van der Waals surface area (Å²) in [5.74, 6) is 0.517. The number of hydrogen-bond donors (Lipinski definition) is 2. The number of rotatable bonds is 6. The van der Waals surface area contributed by atoms with Gasteiger partial charge in [0.1, 0.15) is 11.4 Å². The van der Waals surface area contributed by atoms with Crippen LogP contribution in [0.25, 0.3) is 22.2 Å². The van der Waals surface area contributed by atoms with Crippen molar-refractivity contribution in [2.45, 2.75) is 6.54 Å². The molecule has 0 saturated carbocycles. The van der Waals surface area contributed by atoms with E-state index in [1.54, 1.807) is 7.11 Å². The molecule has 5 rings (SSSR count).